The predicted molar refractivity (Wildman–Crippen MR) is 65.5 cm³/mol. The lowest BCUT2D eigenvalue weighted by Crippen LogP contribution is -2.57. The Morgan fingerprint density at radius 3 is 2.59 bits per heavy atom. The van der Waals surface area contributed by atoms with E-state index in [0.29, 0.717) is 0 Å². The van der Waals surface area contributed by atoms with Gasteiger partial charge in [0.1, 0.15) is 0 Å². The number of rotatable bonds is 2. The minimum absolute atomic E-state index is 0.0486. The Balaban J connectivity index is 2.50. The van der Waals surface area contributed by atoms with Crippen LogP contribution >= 0.6 is 0 Å². The van der Waals surface area contributed by atoms with Gasteiger partial charge in [0.25, 0.3) is 0 Å². The molecule has 2 aliphatic rings. The minimum Gasteiger partial charge on any atom is -0.346 e. The molecular formula is C14H20O3. The minimum atomic E-state index is -1.11. The van der Waals surface area contributed by atoms with E-state index >= 15 is 0 Å². The van der Waals surface area contributed by atoms with Crippen LogP contribution in [0.15, 0.2) is 23.8 Å². The number of hydrogen-bond acceptors (Lipinski definition) is 3. The molecule has 0 saturated heterocycles. The molecule has 0 unspecified atom stereocenters. The lowest BCUT2D eigenvalue weighted by Gasteiger charge is -2.49. The van der Waals surface area contributed by atoms with Gasteiger partial charge >= 0.3 is 0 Å². The summed E-state index contributed by atoms with van der Waals surface area (Å²) in [7, 11) is 3.10. The summed E-state index contributed by atoms with van der Waals surface area (Å²) in [5.74, 6) is -1.15. The third-order valence-corrected chi connectivity index (χ3v) is 4.24. The Morgan fingerprint density at radius 1 is 1.35 bits per heavy atom. The number of hydrogen-bond donors (Lipinski definition) is 0. The normalized spacial score (nSPS) is 35.4. The van der Waals surface area contributed by atoms with E-state index in [0.717, 1.165) is 12.8 Å². The molecule has 94 valence electrons. The van der Waals surface area contributed by atoms with E-state index in [1.54, 1.807) is 20.3 Å². The lowest BCUT2D eigenvalue weighted by atomic mass is 9.61. The summed E-state index contributed by atoms with van der Waals surface area (Å²) in [6.07, 6.45) is 7.64. The number of methoxy groups -OCH3 is 2. The Kier molecular flexibility index (Phi) is 3.00. The molecule has 0 aromatic heterocycles. The number of carbonyl (C=O) groups is 1. The average molecular weight is 236 g/mol. The van der Waals surface area contributed by atoms with E-state index in [2.05, 4.69) is 19.9 Å². The van der Waals surface area contributed by atoms with E-state index < -0.39 is 5.79 Å². The molecule has 0 fully saturated rings. The van der Waals surface area contributed by atoms with Gasteiger partial charge in [0.05, 0.1) is 0 Å². The quantitative estimate of drug-likeness (QED) is 0.546. The van der Waals surface area contributed by atoms with Gasteiger partial charge in [-0.05, 0) is 31.3 Å². The van der Waals surface area contributed by atoms with Crippen LogP contribution in [0.1, 0.15) is 26.7 Å². The van der Waals surface area contributed by atoms with Crippen molar-refractivity contribution in [2.24, 2.45) is 11.3 Å². The molecule has 2 atom stereocenters. The van der Waals surface area contributed by atoms with Gasteiger partial charge in [-0.15, -0.1) is 0 Å². The Hall–Kier alpha value is -0.930. The zero-order valence-corrected chi connectivity index (χ0v) is 10.9. The number of fused-ring (bicyclic) bond motifs is 1. The summed E-state index contributed by atoms with van der Waals surface area (Å²) in [5, 5.41) is 0. The number of ether oxygens (including phenoxy) is 2. The van der Waals surface area contributed by atoms with E-state index in [1.807, 2.05) is 6.08 Å². The summed E-state index contributed by atoms with van der Waals surface area (Å²) in [5.41, 5.74) is 1.24. The van der Waals surface area contributed by atoms with Crippen molar-refractivity contribution in [2.45, 2.75) is 32.5 Å². The fourth-order valence-electron chi connectivity index (χ4n) is 3.05. The predicted octanol–water partition coefficient (Wildman–Crippen LogP) is 2.48. The van der Waals surface area contributed by atoms with Gasteiger partial charge in [0, 0.05) is 20.1 Å². The first kappa shape index (κ1) is 12.5. The number of allylic oxidation sites excluding steroid dienone is 3. The molecule has 3 nitrogen and oxygen atoms in total. The van der Waals surface area contributed by atoms with Crippen LogP contribution in [0.5, 0.6) is 0 Å². The second-order valence-corrected chi connectivity index (χ2v) is 5.29. The first-order chi connectivity index (χ1) is 7.98. The molecule has 0 amide bonds. The Labute approximate surface area is 102 Å². The summed E-state index contributed by atoms with van der Waals surface area (Å²) in [4.78, 5) is 12.1. The Bertz CT molecular complexity index is 390. The summed E-state index contributed by atoms with van der Waals surface area (Å²) >= 11 is 0. The third-order valence-electron chi connectivity index (χ3n) is 4.24. The Morgan fingerprint density at radius 2 is 2.00 bits per heavy atom. The second kappa shape index (κ2) is 4.07. The van der Waals surface area contributed by atoms with Gasteiger partial charge < -0.3 is 9.47 Å². The van der Waals surface area contributed by atoms with Crippen molar-refractivity contribution in [1.82, 2.24) is 0 Å². The molecule has 0 spiro atoms. The largest absolute Gasteiger partial charge is 0.346 e. The first-order valence-electron chi connectivity index (χ1n) is 5.98. The zero-order valence-electron chi connectivity index (χ0n) is 10.9. The van der Waals surface area contributed by atoms with Crippen molar-refractivity contribution < 1.29 is 14.3 Å². The number of ketones is 1. The standard InChI is InChI=1S/C14H20O3/c1-10-5-7-13(2)8-6-12(15)14(16-3,17-4)11(13)9-10/h5-6,8,11H,7,9H2,1-4H3/t11-,13-/m1/s1. The molecule has 0 aromatic rings. The fraction of sp³-hybridized carbons (Fsp3) is 0.643. The van der Waals surface area contributed by atoms with Gasteiger partial charge in [-0.3, -0.25) is 4.79 Å². The SMILES string of the molecule is COC1(OC)C(=O)C=C[C@@]2(C)CC=C(C)C[C@@H]12. The van der Waals surface area contributed by atoms with Gasteiger partial charge in [-0.1, -0.05) is 24.6 Å². The van der Waals surface area contributed by atoms with Crippen LogP contribution < -0.4 is 0 Å². The van der Waals surface area contributed by atoms with Crippen molar-refractivity contribution in [3.8, 4) is 0 Å². The van der Waals surface area contributed by atoms with Crippen molar-refractivity contribution in [2.75, 3.05) is 14.2 Å². The van der Waals surface area contributed by atoms with Crippen molar-refractivity contribution in [1.29, 1.82) is 0 Å². The molecule has 0 bridgehead atoms. The number of carbonyl (C=O) groups excluding carboxylic acids is 1. The van der Waals surface area contributed by atoms with Crippen molar-refractivity contribution in [3.63, 3.8) is 0 Å². The molecule has 0 radical (unpaired) electrons. The highest BCUT2D eigenvalue weighted by Gasteiger charge is 2.55. The van der Waals surface area contributed by atoms with Crippen LogP contribution in [0.3, 0.4) is 0 Å². The molecular weight excluding hydrogens is 216 g/mol. The molecule has 0 saturated carbocycles. The fourth-order valence-corrected chi connectivity index (χ4v) is 3.05. The summed E-state index contributed by atoms with van der Waals surface area (Å²) in [6.45, 7) is 4.26. The monoisotopic (exact) mass is 236 g/mol. The molecule has 17 heavy (non-hydrogen) atoms. The molecule has 2 rings (SSSR count). The van der Waals surface area contributed by atoms with Crippen molar-refractivity contribution in [3.05, 3.63) is 23.8 Å². The molecule has 3 heteroatoms. The van der Waals surface area contributed by atoms with Crippen LogP contribution in [0.4, 0.5) is 0 Å². The van der Waals surface area contributed by atoms with Crippen molar-refractivity contribution >= 4 is 5.78 Å². The summed E-state index contributed by atoms with van der Waals surface area (Å²) < 4.78 is 10.9. The molecule has 0 heterocycles. The maximum Gasteiger partial charge on any atom is 0.236 e. The van der Waals surface area contributed by atoms with Gasteiger partial charge in [-0.25, -0.2) is 0 Å². The average Bonchev–Trinajstić information content (AvgIpc) is 2.33. The van der Waals surface area contributed by atoms with Crippen LogP contribution in [-0.2, 0) is 14.3 Å². The van der Waals surface area contributed by atoms with E-state index in [-0.39, 0.29) is 17.1 Å². The van der Waals surface area contributed by atoms with Gasteiger partial charge in [0.2, 0.25) is 11.6 Å². The van der Waals surface area contributed by atoms with Crippen LogP contribution in [0.2, 0.25) is 0 Å². The lowest BCUT2D eigenvalue weighted by molar-refractivity contribution is -0.243. The smallest absolute Gasteiger partial charge is 0.236 e. The van der Waals surface area contributed by atoms with Crippen LogP contribution in [-0.4, -0.2) is 25.8 Å². The summed E-state index contributed by atoms with van der Waals surface area (Å²) in [6, 6.07) is 0. The van der Waals surface area contributed by atoms with Crippen LogP contribution in [0.25, 0.3) is 0 Å². The highest BCUT2D eigenvalue weighted by Crippen LogP contribution is 2.51. The molecule has 0 aliphatic heterocycles. The first-order valence-corrected chi connectivity index (χ1v) is 5.98. The highest BCUT2D eigenvalue weighted by molar-refractivity contribution is 5.97. The second-order valence-electron chi connectivity index (χ2n) is 5.29. The maximum atomic E-state index is 12.1. The molecule has 2 aliphatic carbocycles. The van der Waals surface area contributed by atoms with Crippen LogP contribution in [0, 0.1) is 11.3 Å². The topological polar surface area (TPSA) is 35.5 Å². The zero-order chi connectivity index (χ0) is 12.7. The maximum absolute atomic E-state index is 12.1. The van der Waals surface area contributed by atoms with E-state index in [4.69, 9.17) is 9.47 Å². The van der Waals surface area contributed by atoms with E-state index in [1.165, 1.54) is 5.57 Å². The van der Waals surface area contributed by atoms with Gasteiger partial charge in [0.15, 0.2) is 0 Å². The van der Waals surface area contributed by atoms with Gasteiger partial charge in [-0.2, -0.15) is 0 Å². The molecule has 0 N–H and O–H groups in total. The third kappa shape index (κ3) is 1.69. The van der Waals surface area contributed by atoms with E-state index in [9.17, 15) is 4.79 Å². The molecule has 0 aromatic carbocycles. The highest BCUT2D eigenvalue weighted by atomic mass is 16.7.